The number of carbonyl (C=O) groups excluding carboxylic acids is 1. The second kappa shape index (κ2) is 12.6. The molecule has 2 aliphatic rings. The van der Waals surface area contributed by atoms with E-state index in [-0.39, 0.29) is 11.7 Å². The Morgan fingerprint density at radius 2 is 1.73 bits per heavy atom. The van der Waals surface area contributed by atoms with Crippen molar-refractivity contribution < 1.29 is 18.7 Å². The van der Waals surface area contributed by atoms with Crippen LogP contribution >= 0.6 is 11.3 Å². The lowest BCUT2D eigenvalue weighted by Crippen LogP contribution is -2.63. The van der Waals surface area contributed by atoms with Crippen molar-refractivity contribution in [2.75, 3.05) is 50.7 Å². The SMILES string of the molecule is CCc1nc2c(C)cc(N3CCN(CC(=O)N4CC(C)(O)C4)CC3)cn2c1-c1ccc(-c2nc(-c3ccc(F)cc3)c(C#N)s2)c(F)c1C. The molecule has 49 heavy (non-hydrogen) atoms. The fourth-order valence-electron chi connectivity index (χ4n) is 6.87. The summed E-state index contributed by atoms with van der Waals surface area (Å²) in [5.41, 5.74) is 6.26. The highest BCUT2D eigenvalue weighted by atomic mass is 32.1. The minimum absolute atomic E-state index is 0.0506. The highest BCUT2D eigenvalue weighted by Crippen LogP contribution is 2.39. The number of aliphatic hydroxyl groups is 1. The molecule has 7 rings (SSSR count). The van der Waals surface area contributed by atoms with Gasteiger partial charge in [0.15, 0.2) is 0 Å². The fourth-order valence-corrected chi connectivity index (χ4v) is 7.78. The van der Waals surface area contributed by atoms with Crippen LogP contribution in [-0.4, -0.2) is 86.6 Å². The smallest absolute Gasteiger partial charge is 0.236 e. The maximum Gasteiger partial charge on any atom is 0.236 e. The van der Waals surface area contributed by atoms with E-state index in [4.69, 9.17) is 4.98 Å². The van der Waals surface area contributed by atoms with E-state index in [0.29, 0.717) is 58.3 Å². The van der Waals surface area contributed by atoms with Crippen molar-refractivity contribution in [3.8, 4) is 39.2 Å². The van der Waals surface area contributed by atoms with E-state index in [0.717, 1.165) is 71.4 Å². The standard InChI is InChI=1S/C37H37F2N7O2S/c1-5-29-34(27-10-11-28(32(39)23(27)3)36-42-33(30(17-40)49-36)24-6-8-25(38)9-7-24)46-18-26(16-22(2)35(46)41-29)44-14-12-43(13-15-44)19-31(47)45-20-37(4,48)21-45/h6-11,16,18,48H,5,12-15,19-21H2,1-4H3. The van der Waals surface area contributed by atoms with Gasteiger partial charge in [0.2, 0.25) is 5.91 Å². The van der Waals surface area contributed by atoms with E-state index < -0.39 is 11.4 Å². The van der Waals surface area contributed by atoms with E-state index in [1.165, 1.54) is 12.1 Å². The molecule has 12 heteroatoms. The zero-order valence-corrected chi connectivity index (χ0v) is 28.7. The number of nitrogens with zero attached hydrogens (tertiary/aromatic N) is 7. The van der Waals surface area contributed by atoms with Gasteiger partial charge in [-0.3, -0.25) is 14.1 Å². The van der Waals surface area contributed by atoms with Crippen molar-refractivity contribution in [1.82, 2.24) is 24.2 Å². The molecule has 2 fully saturated rings. The summed E-state index contributed by atoms with van der Waals surface area (Å²) in [6, 6.07) is 13.7. The Kier molecular flexibility index (Phi) is 8.47. The van der Waals surface area contributed by atoms with Crippen molar-refractivity contribution >= 4 is 28.6 Å². The predicted octanol–water partition coefficient (Wildman–Crippen LogP) is 5.84. The van der Waals surface area contributed by atoms with Gasteiger partial charge in [0.05, 0.1) is 48.0 Å². The number of aromatic nitrogens is 3. The molecule has 252 valence electrons. The molecular weight excluding hydrogens is 645 g/mol. The third kappa shape index (κ3) is 6.07. The first-order chi connectivity index (χ1) is 23.5. The number of pyridine rings is 1. The fraction of sp³-hybridized carbons (Fsp3) is 0.351. The first-order valence-corrected chi connectivity index (χ1v) is 17.2. The van der Waals surface area contributed by atoms with E-state index in [1.54, 1.807) is 36.9 Å². The van der Waals surface area contributed by atoms with Crippen molar-refractivity contribution in [3.63, 3.8) is 0 Å². The third-order valence-corrected chi connectivity index (χ3v) is 10.5. The summed E-state index contributed by atoms with van der Waals surface area (Å²) in [5.74, 6) is -0.754. The van der Waals surface area contributed by atoms with Crippen LogP contribution in [0.5, 0.6) is 0 Å². The Balaban J connectivity index is 1.17. The summed E-state index contributed by atoms with van der Waals surface area (Å²) in [4.78, 5) is 28.8. The van der Waals surface area contributed by atoms with Gasteiger partial charge < -0.3 is 14.9 Å². The molecule has 0 atom stereocenters. The van der Waals surface area contributed by atoms with Crippen molar-refractivity contribution in [3.05, 3.63) is 82.0 Å². The number of carbonyl (C=O) groups is 1. The molecular formula is C37H37F2N7O2S. The summed E-state index contributed by atoms with van der Waals surface area (Å²) < 4.78 is 31.9. The molecule has 1 N–H and O–H groups in total. The molecule has 5 heterocycles. The van der Waals surface area contributed by atoms with Crippen LogP contribution in [-0.2, 0) is 11.2 Å². The number of benzene rings is 2. The van der Waals surface area contributed by atoms with E-state index in [1.807, 2.05) is 19.9 Å². The number of rotatable bonds is 7. The molecule has 9 nitrogen and oxygen atoms in total. The molecule has 0 bridgehead atoms. The number of aryl methyl sites for hydroxylation is 2. The lowest BCUT2D eigenvalue weighted by molar-refractivity contribution is -0.153. The minimum Gasteiger partial charge on any atom is -0.386 e. The summed E-state index contributed by atoms with van der Waals surface area (Å²) >= 11 is 1.11. The molecule has 0 saturated carbocycles. The molecule has 0 radical (unpaired) electrons. The normalized spacial score (nSPS) is 16.2. The van der Waals surface area contributed by atoms with Gasteiger partial charge in [-0.2, -0.15) is 5.26 Å². The molecule has 2 saturated heterocycles. The predicted molar refractivity (Wildman–Crippen MR) is 187 cm³/mol. The number of likely N-dealkylation sites (tertiary alicyclic amines) is 1. The summed E-state index contributed by atoms with van der Waals surface area (Å²) in [7, 11) is 0. The van der Waals surface area contributed by atoms with Crippen LogP contribution in [0.4, 0.5) is 14.5 Å². The minimum atomic E-state index is -0.777. The van der Waals surface area contributed by atoms with Crippen LogP contribution in [0.25, 0.3) is 38.7 Å². The first-order valence-electron chi connectivity index (χ1n) is 16.4. The van der Waals surface area contributed by atoms with Crippen LogP contribution in [0, 0.1) is 36.8 Å². The zero-order chi connectivity index (χ0) is 34.6. The van der Waals surface area contributed by atoms with Gasteiger partial charge in [0.1, 0.15) is 33.2 Å². The van der Waals surface area contributed by atoms with Gasteiger partial charge in [-0.15, -0.1) is 11.3 Å². The van der Waals surface area contributed by atoms with Crippen LogP contribution in [0.1, 0.15) is 35.5 Å². The van der Waals surface area contributed by atoms with Crippen LogP contribution in [0.2, 0.25) is 0 Å². The van der Waals surface area contributed by atoms with Gasteiger partial charge in [0.25, 0.3) is 0 Å². The second-order valence-corrected chi connectivity index (χ2v) is 14.3. The highest BCUT2D eigenvalue weighted by Gasteiger charge is 2.39. The topological polar surface area (TPSA) is 101 Å². The number of hydrogen-bond donors (Lipinski definition) is 1. The van der Waals surface area contributed by atoms with Crippen LogP contribution < -0.4 is 4.90 Å². The second-order valence-electron chi connectivity index (χ2n) is 13.3. The number of piperazine rings is 1. The summed E-state index contributed by atoms with van der Waals surface area (Å²) in [6.45, 7) is 11.7. The molecule has 0 spiro atoms. The molecule has 1 amide bonds. The number of imidazole rings is 1. The number of amides is 1. The number of nitriles is 1. The Labute approximate surface area is 287 Å². The molecule has 2 aliphatic heterocycles. The van der Waals surface area contributed by atoms with Crippen molar-refractivity contribution in [1.29, 1.82) is 5.26 Å². The number of hydrogen-bond acceptors (Lipinski definition) is 8. The number of thiazole rings is 1. The van der Waals surface area contributed by atoms with E-state index in [9.17, 15) is 19.6 Å². The molecule has 3 aromatic heterocycles. The van der Waals surface area contributed by atoms with Gasteiger partial charge in [0, 0.05) is 49.1 Å². The maximum absolute atomic E-state index is 16.3. The molecule has 0 unspecified atom stereocenters. The van der Waals surface area contributed by atoms with Gasteiger partial charge >= 0.3 is 0 Å². The van der Waals surface area contributed by atoms with Gasteiger partial charge in [-0.05, 0) is 74.7 Å². The summed E-state index contributed by atoms with van der Waals surface area (Å²) in [5, 5.41) is 20.2. The highest BCUT2D eigenvalue weighted by molar-refractivity contribution is 7.16. The van der Waals surface area contributed by atoms with Gasteiger partial charge in [-0.25, -0.2) is 18.7 Å². The number of anilines is 1. The average Bonchev–Trinajstić information content (AvgIpc) is 3.67. The Morgan fingerprint density at radius 1 is 1.04 bits per heavy atom. The zero-order valence-electron chi connectivity index (χ0n) is 27.9. The monoisotopic (exact) mass is 681 g/mol. The Hall–Kier alpha value is -4.70. The maximum atomic E-state index is 16.3. The molecule has 2 aromatic carbocycles. The Morgan fingerprint density at radius 3 is 2.39 bits per heavy atom. The van der Waals surface area contributed by atoms with E-state index in [2.05, 4.69) is 37.5 Å². The summed E-state index contributed by atoms with van der Waals surface area (Å²) in [6.07, 6.45) is 2.74. The first kappa shape index (κ1) is 32.8. The van der Waals surface area contributed by atoms with Crippen LogP contribution in [0.3, 0.4) is 0 Å². The number of fused-ring (bicyclic) bond motifs is 1. The lowest BCUT2D eigenvalue weighted by Gasteiger charge is -2.45. The van der Waals surface area contributed by atoms with Crippen LogP contribution in [0.15, 0.2) is 48.7 Å². The number of β-amino-alcohol motifs (C(OH)–C–C–N with tert-alkyl or cyclic N) is 1. The van der Waals surface area contributed by atoms with Crippen molar-refractivity contribution in [2.45, 2.75) is 39.7 Å². The molecule has 5 aromatic rings. The largest absolute Gasteiger partial charge is 0.386 e. The van der Waals surface area contributed by atoms with E-state index >= 15 is 4.39 Å². The quantitative estimate of drug-likeness (QED) is 0.231. The third-order valence-electron chi connectivity index (χ3n) is 9.53. The Bertz CT molecular complexity index is 2120. The number of halogens is 2. The lowest BCUT2D eigenvalue weighted by atomic mass is 9.97. The van der Waals surface area contributed by atoms with Gasteiger partial charge in [-0.1, -0.05) is 13.0 Å². The average molecular weight is 682 g/mol. The molecule has 0 aliphatic carbocycles. The van der Waals surface area contributed by atoms with Crippen molar-refractivity contribution in [2.24, 2.45) is 0 Å².